The molecule has 0 bridgehead atoms. The Morgan fingerprint density at radius 3 is 1.92 bits per heavy atom. The number of hydrogen-bond acceptors (Lipinski definition) is 3. The van der Waals surface area contributed by atoms with Crippen molar-refractivity contribution in [2.75, 3.05) is 53.6 Å². The van der Waals surface area contributed by atoms with Gasteiger partial charge in [-0.3, -0.25) is 0 Å². The summed E-state index contributed by atoms with van der Waals surface area (Å²) in [5, 5.41) is 17.6. The molecule has 0 unspecified atom stereocenters. The maximum atomic E-state index is 8.79. The van der Waals surface area contributed by atoms with Crippen LogP contribution in [0.25, 0.3) is 0 Å². The molecule has 0 saturated carbocycles. The molecule has 74 valence electrons. The number of methoxy groups -OCH3 is 1. The number of aliphatic hydroxyl groups is 2. The molecule has 0 radical (unpaired) electrons. The van der Waals surface area contributed by atoms with Crippen molar-refractivity contribution in [2.24, 2.45) is 0 Å². The summed E-state index contributed by atoms with van der Waals surface area (Å²) < 4.78 is 5.62. The fourth-order valence-electron chi connectivity index (χ4n) is 1.13. The van der Waals surface area contributed by atoms with Gasteiger partial charge < -0.3 is 19.4 Å². The molecule has 0 heterocycles. The second-order valence-corrected chi connectivity index (χ2v) is 3.23. The van der Waals surface area contributed by atoms with Crippen LogP contribution in [0.2, 0.25) is 0 Å². The summed E-state index contributed by atoms with van der Waals surface area (Å²) >= 11 is 0. The minimum atomic E-state index is 0.153. The number of likely N-dealkylation sites (N-methyl/N-ethyl adjacent to an activating group) is 1. The maximum Gasteiger partial charge on any atom is 0.102 e. The summed E-state index contributed by atoms with van der Waals surface area (Å²) in [4.78, 5) is 0. The van der Waals surface area contributed by atoms with Gasteiger partial charge in [0.25, 0.3) is 0 Å². The Bertz CT molecular complexity index is 102. The average Bonchev–Trinajstić information content (AvgIpc) is 2.02. The lowest BCUT2D eigenvalue weighted by Gasteiger charge is -2.32. The van der Waals surface area contributed by atoms with Crippen molar-refractivity contribution in [3.8, 4) is 0 Å². The van der Waals surface area contributed by atoms with Crippen LogP contribution in [0.3, 0.4) is 0 Å². The van der Waals surface area contributed by atoms with E-state index in [1.165, 1.54) is 0 Å². The first-order valence-corrected chi connectivity index (χ1v) is 4.23. The number of aliphatic hydroxyl groups excluding tert-OH is 2. The van der Waals surface area contributed by atoms with Crippen LogP contribution in [0.4, 0.5) is 0 Å². The zero-order valence-corrected chi connectivity index (χ0v) is 7.99. The van der Waals surface area contributed by atoms with Gasteiger partial charge in [-0.1, -0.05) is 0 Å². The molecule has 0 rings (SSSR count). The molecule has 0 aliphatic heterocycles. The van der Waals surface area contributed by atoms with E-state index >= 15 is 0 Å². The standard InChI is InChI=1S/C8H20NO3/c1-9(3-6-10,4-7-11)5-8-12-2/h10-11H,3-8H2,1-2H3/q+1. The van der Waals surface area contributed by atoms with Gasteiger partial charge in [0, 0.05) is 7.11 Å². The lowest BCUT2D eigenvalue weighted by Crippen LogP contribution is -2.49. The Balaban J connectivity index is 3.80. The minimum absolute atomic E-state index is 0.153. The Hall–Kier alpha value is -0.160. The SMILES string of the molecule is COCC[N+](C)(CCO)CCO. The molecule has 0 aromatic heterocycles. The van der Waals surface area contributed by atoms with E-state index < -0.39 is 0 Å². The predicted octanol–water partition coefficient (Wildman–Crippen LogP) is -0.936. The van der Waals surface area contributed by atoms with Crippen molar-refractivity contribution < 1.29 is 19.4 Å². The molecule has 0 amide bonds. The Morgan fingerprint density at radius 1 is 1.08 bits per heavy atom. The molecule has 12 heavy (non-hydrogen) atoms. The lowest BCUT2D eigenvalue weighted by molar-refractivity contribution is -0.910. The highest BCUT2D eigenvalue weighted by atomic mass is 16.5. The molecule has 0 fully saturated rings. The molecule has 4 nitrogen and oxygen atoms in total. The van der Waals surface area contributed by atoms with Crippen molar-refractivity contribution in [3.63, 3.8) is 0 Å². The second-order valence-electron chi connectivity index (χ2n) is 3.23. The highest BCUT2D eigenvalue weighted by Gasteiger charge is 2.19. The summed E-state index contributed by atoms with van der Waals surface area (Å²) in [6.45, 7) is 3.14. The molecule has 4 heteroatoms. The van der Waals surface area contributed by atoms with E-state index in [1.807, 2.05) is 7.05 Å². The summed E-state index contributed by atoms with van der Waals surface area (Å²) in [7, 11) is 3.66. The number of quaternary nitrogens is 1. The topological polar surface area (TPSA) is 49.7 Å². The van der Waals surface area contributed by atoms with Gasteiger partial charge >= 0.3 is 0 Å². The minimum Gasteiger partial charge on any atom is -0.391 e. The first-order chi connectivity index (χ1) is 5.68. The lowest BCUT2D eigenvalue weighted by atomic mass is 10.4. The van der Waals surface area contributed by atoms with Gasteiger partial charge in [-0.05, 0) is 0 Å². The molecular formula is C8H20NO3+. The molecule has 0 atom stereocenters. The van der Waals surface area contributed by atoms with Crippen LogP contribution in [0, 0.1) is 0 Å². The number of nitrogens with zero attached hydrogens (tertiary/aromatic N) is 1. The van der Waals surface area contributed by atoms with Gasteiger partial charge in [0.1, 0.15) is 19.6 Å². The van der Waals surface area contributed by atoms with Gasteiger partial charge in [-0.25, -0.2) is 0 Å². The second kappa shape index (κ2) is 6.37. The quantitative estimate of drug-likeness (QED) is 0.495. The zero-order chi connectivity index (χ0) is 9.45. The zero-order valence-electron chi connectivity index (χ0n) is 7.99. The third-order valence-electron chi connectivity index (χ3n) is 2.11. The molecule has 0 spiro atoms. The molecule has 0 aromatic carbocycles. The highest BCUT2D eigenvalue weighted by molar-refractivity contribution is 4.38. The summed E-state index contributed by atoms with van der Waals surface area (Å²) in [6.07, 6.45) is 0. The van der Waals surface area contributed by atoms with Crippen LogP contribution in [0.15, 0.2) is 0 Å². The summed E-state index contributed by atoms with van der Waals surface area (Å²) in [5.74, 6) is 0. The predicted molar refractivity (Wildman–Crippen MR) is 46.8 cm³/mol. The van der Waals surface area contributed by atoms with E-state index in [0.717, 1.165) is 6.54 Å². The molecule has 0 aliphatic carbocycles. The van der Waals surface area contributed by atoms with Gasteiger partial charge in [0.2, 0.25) is 0 Å². The van der Waals surface area contributed by atoms with Gasteiger partial charge in [-0.15, -0.1) is 0 Å². The number of ether oxygens (including phenoxy) is 1. The van der Waals surface area contributed by atoms with E-state index in [-0.39, 0.29) is 13.2 Å². The Morgan fingerprint density at radius 2 is 1.58 bits per heavy atom. The van der Waals surface area contributed by atoms with Gasteiger partial charge in [0.05, 0.1) is 26.9 Å². The Labute approximate surface area is 74.0 Å². The number of hydrogen-bond donors (Lipinski definition) is 2. The van der Waals surface area contributed by atoms with E-state index in [9.17, 15) is 0 Å². The van der Waals surface area contributed by atoms with Crippen LogP contribution >= 0.6 is 0 Å². The van der Waals surface area contributed by atoms with Crippen LogP contribution in [-0.2, 0) is 4.74 Å². The van der Waals surface area contributed by atoms with Crippen molar-refractivity contribution in [1.29, 1.82) is 0 Å². The number of rotatable bonds is 7. The van der Waals surface area contributed by atoms with E-state index in [0.29, 0.717) is 24.2 Å². The average molecular weight is 178 g/mol. The van der Waals surface area contributed by atoms with E-state index in [1.54, 1.807) is 7.11 Å². The fourth-order valence-corrected chi connectivity index (χ4v) is 1.13. The normalized spacial score (nSPS) is 12.0. The summed E-state index contributed by atoms with van der Waals surface area (Å²) in [6, 6.07) is 0. The van der Waals surface area contributed by atoms with Crippen molar-refractivity contribution in [1.82, 2.24) is 0 Å². The molecule has 2 N–H and O–H groups in total. The molecule has 0 aliphatic rings. The maximum absolute atomic E-state index is 8.79. The van der Waals surface area contributed by atoms with Crippen LogP contribution in [0.5, 0.6) is 0 Å². The fraction of sp³-hybridized carbons (Fsp3) is 1.00. The molecule has 0 saturated heterocycles. The van der Waals surface area contributed by atoms with Gasteiger partial charge in [0.15, 0.2) is 0 Å². The van der Waals surface area contributed by atoms with Crippen LogP contribution in [-0.4, -0.2) is 68.3 Å². The molecule has 0 aromatic rings. The first kappa shape index (κ1) is 11.8. The highest BCUT2D eigenvalue weighted by Crippen LogP contribution is 2.00. The van der Waals surface area contributed by atoms with Crippen molar-refractivity contribution in [3.05, 3.63) is 0 Å². The third-order valence-corrected chi connectivity index (χ3v) is 2.11. The van der Waals surface area contributed by atoms with E-state index in [4.69, 9.17) is 14.9 Å². The smallest absolute Gasteiger partial charge is 0.102 e. The first-order valence-electron chi connectivity index (χ1n) is 4.23. The largest absolute Gasteiger partial charge is 0.391 e. The van der Waals surface area contributed by atoms with Crippen molar-refractivity contribution >= 4 is 0 Å². The monoisotopic (exact) mass is 178 g/mol. The van der Waals surface area contributed by atoms with Gasteiger partial charge in [-0.2, -0.15) is 0 Å². The van der Waals surface area contributed by atoms with Crippen molar-refractivity contribution in [2.45, 2.75) is 0 Å². The Kier molecular flexibility index (Phi) is 6.28. The third kappa shape index (κ3) is 4.66. The molecular weight excluding hydrogens is 158 g/mol. The van der Waals surface area contributed by atoms with Crippen LogP contribution < -0.4 is 0 Å². The van der Waals surface area contributed by atoms with Crippen LogP contribution in [0.1, 0.15) is 0 Å². The summed E-state index contributed by atoms with van der Waals surface area (Å²) in [5.41, 5.74) is 0. The van der Waals surface area contributed by atoms with E-state index in [2.05, 4.69) is 0 Å².